The third-order valence-corrected chi connectivity index (χ3v) is 3.17. The van der Waals surface area contributed by atoms with Crippen molar-refractivity contribution in [2.75, 3.05) is 5.73 Å². The molecule has 0 saturated heterocycles. The number of nitrogens with two attached hydrogens (primary N) is 1. The molecule has 0 aliphatic carbocycles. The number of nitrogens with zero attached hydrogens (tertiary/aromatic N) is 6. The van der Waals surface area contributed by atoms with E-state index < -0.39 is 0 Å². The fourth-order valence-electron chi connectivity index (χ4n) is 2.23. The Balaban J connectivity index is 1.95. The highest BCUT2D eigenvalue weighted by molar-refractivity contribution is 5.83. The van der Waals surface area contributed by atoms with Gasteiger partial charge in [0.15, 0.2) is 11.5 Å². The van der Waals surface area contributed by atoms with Gasteiger partial charge in [0.25, 0.3) is 0 Å². The standard InChI is InChI=1S/C14H11N7/c15-12-6-7-20(19-12)13-11-8-18-21(14(11)17-9-16-13)10-4-2-1-3-5-10/h1-9H,(H2,15,19). The van der Waals surface area contributed by atoms with E-state index in [1.165, 1.54) is 6.33 Å². The van der Waals surface area contributed by atoms with Gasteiger partial charge in [-0.1, -0.05) is 18.2 Å². The van der Waals surface area contributed by atoms with Crippen LogP contribution in [0.5, 0.6) is 0 Å². The van der Waals surface area contributed by atoms with E-state index in [9.17, 15) is 0 Å². The molecule has 0 unspecified atom stereocenters. The molecule has 0 aliphatic rings. The Morgan fingerprint density at radius 3 is 2.62 bits per heavy atom. The first-order valence-corrected chi connectivity index (χ1v) is 6.38. The number of para-hydroxylation sites is 1. The SMILES string of the molecule is Nc1ccn(-c2ncnc3c2cnn3-c2ccccc2)n1. The van der Waals surface area contributed by atoms with Gasteiger partial charge in [0, 0.05) is 12.3 Å². The van der Waals surface area contributed by atoms with E-state index in [1.54, 1.807) is 27.8 Å². The van der Waals surface area contributed by atoms with Crippen molar-refractivity contribution in [2.24, 2.45) is 0 Å². The second-order valence-electron chi connectivity index (χ2n) is 4.51. The van der Waals surface area contributed by atoms with Crippen LogP contribution in [0.1, 0.15) is 0 Å². The molecule has 0 amide bonds. The van der Waals surface area contributed by atoms with Crippen LogP contribution in [0.25, 0.3) is 22.5 Å². The smallest absolute Gasteiger partial charge is 0.168 e. The lowest BCUT2D eigenvalue weighted by molar-refractivity contribution is 0.852. The molecule has 3 heterocycles. The number of anilines is 1. The summed E-state index contributed by atoms with van der Waals surface area (Å²) >= 11 is 0. The van der Waals surface area contributed by atoms with E-state index in [1.807, 2.05) is 30.3 Å². The van der Waals surface area contributed by atoms with Gasteiger partial charge in [-0.15, -0.1) is 5.10 Å². The summed E-state index contributed by atoms with van der Waals surface area (Å²) in [7, 11) is 0. The molecule has 2 N–H and O–H groups in total. The lowest BCUT2D eigenvalue weighted by atomic mass is 10.3. The summed E-state index contributed by atoms with van der Waals surface area (Å²) in [5.41, 5.74) is 7.32. The van der Waals surface area contributed by atoms with E-state index in [4.69, 9.17) is 5.73 Å². The minimum Gasteiger partial charge on any atom is -0.382 e. The Bertz CT molecular complexity index is 907. The van der Waals surface area contributed by atoms with Crippen LogP contribution < -0.4 is 5.73 Å². The molecule has 0 spiro atoms. The molecule has 0 fully saturated rings. The number of rotatable bonds is 2. The molecule has 0 aliphatic heterocycles. The van der Waals surface area contributed by atoms with E-state index in [-0.39, 0.29) is 0 Å². The molecule has 7 heteroatoms. The zero-order valence-corrected chi connectivity index (χ0v) is 11.0. The van der Waals surface area contributed by atoms with E-state index in [2.05, 4.69) is 20.2 Å². The quantitative estimate of drug-likeness (QED) is 0.601. The zero-order valence-electron chi connectivity index (χ0n) is 11.0. The van der Waals surface area contributed by atoms with Gasteiger partial charge in [0.1, 0.15) is 12.1 Å². The minimum absolute atomic E-state index is 0.442. The Morgan fingerprint density at radius 2 is 1.86 bits per heavy atom. The van der Waals surface area contributed by atoms with Crippen molar-refractivity contribution in [1.29, 1.82) is 0 Å². The average molecular weight is 277 g/mol. The van der Waals surface area contributed by atoms with Crippen LogP contribution >= 0.6 is 0 Å². The van der Waals surface area contributed by atoms with Gasteiger partial charge >= 0.3 is 0 Å². The summed E-state index contributed by atoms with van der Waals surface area (Å²) in [5, 5.41) is 9.39. The third kappa shape index (κ3) is 1.83. The number of fused-ring (bicyclic) bond motifs is 1. The summed E-state index contributed by atoms with van der Waals surface area (Å²) in [6.07, 6.45) is 4.99. The second-order valence-corrected chi connectivity index (χ2v) is 4.51. The normalized spacial score (nSPS) is 11.0. The Morgan fingerprint density at radius 1 is 1.00 bits per heavy atom. The maximum Gasteiger partial charge on any atom is 0.168 e. The van der Waals surface area contributed by atoms with Gasteiger partial charge in [0.2, 0.25) is 0 Å². The van der Waals surface area contributed by atoms with Gasteiger partial charge in [-0.05, 0) is 12.1 Å². The average Bonchev–Trinajstić information content (AvgIpc) is 3.14. The summed E-state index contributed by atoms with van der Waals surface area (Å²) in [5.74, 6) is 1.09. The van der Waals surface area contributed by atoms with E-state index in [0.717, 1.165) is 16.7 Å². The van der Waals surface area contributed by atoms with E-state index >= 15 is 0 Å². The van der Waals surface area contributed by atoms with Crippen LogP contribution in [0.15, 0.2) is 55.1 Å². The van der Waals surface area contributed by atoms with Crippen molar-refractivity contribution in [3.05, 3.63) is 55.1 Å². The van der Waals surface area contributed by atoms with Gasteiger partial charge < -0.3 is 5.73 Å². The fraction of sp³-hybridized carbons (Fsp3) is 0. The third-order valence-electron chi connectivity index (χ3n) is 3.17. The summed E-state index contributed by atoms with van der Waals surface area (Å²) in [4.78, 5) is 8.61. The Labute approximate surface area is 119 Å². The highest BCUT2D eigenvalue weighted by atomic mass is 15.3. The molecule has 0 saturated carbocycles. The molecule has 4 rings (SSSR count). The number of hydrogen-bond donors (Lipinski definition) is 1. The van der Waals surface area contributed by atoms with Crippen LogP contribution in [-0.2, 0) is 0 Å². The number of aromatic nitrogens is 6. The van der Waals surface area contributed by atoms with Crippen molar-refractivity contribution < 1.29 is 0 Å². The van der Waals surface area contributed by atoms with Gasteiger partial charge in [0.05, 0.1) is 17.3 Å². The minimum atomic E-state index is 0.442. The van der Waals surface area contributed by atoms with Crippen LogP contribution in [0.3, 0.4) is 0 Å². The van der Waals surface area contributed by atoms with Crippen LogP contribution in [0.2, 0.25) is 0 Å². The molecule has 0 radical (unpaired) electrons. The van der Waals surface area contributed by atoms with Crippen LogP contribution in [0, 0.1) is 0 Å². The molecule has 3 aromatic heterocycles. The molecule has 0 bridgehead atoms. The molecule has 7 nitrogen and oxygen atoms in total. The first kappa shape index (κ1) is 11.6. The molecule has 102 valence electrons. The largest absolute Gasteiger partial charge is 0.382 e. The maximum absolute atomic E-state index is 5.66. The van der Waals surface area contributed by atoms with Crippen molar-refractivity contribution in [3.63, 3.8) is 0 Å². The number of hydrogen-bond acceptors (Lipinski definition) is 5. The summed E-state index contributed by atoms with van der Waals surface area (Å²) < 4.78 is 3.39. The van der Waals surface area contributed by atoms with Crippen molar-refractivity contribution in [3.8, 4) is 11.5 Å². The predicted molar refractivity (Wildman–Crippen MR) is 78.2 cm³/mol. The van der Waals surface area contributed by atoms with Crippen molar-refractivity contribution >= 4 is 16.9 Å². The zero-order chi connectivity index (χ0) is 14.2. The molecule has 1 aromatic carbocycles. The molecule has 0 atom stereocenters. The van der Waals surface area contributed by atoms with Gasteiger partial charge in [-0.3, -0.25) is 0 Å². The van der Waals surface area contributed by atoms with E-state index in [0.29, 0.717) is 11.6 Å². The lowest BCUT2D eigenvalue weighted by Gasteiger charge is -2.03. The first-order chi connectivity index (χ1) is 10.3. The molecule has 4 aromatic rings. The second kappa shape index (κ2) is 4.41. The maximum atomic E-state index is 5.66. The van der Waals surface area contributed by atoms with Crippen molar-refractivity contribution in [1.82, 2.24) is 29.5 Å². The number of benzene rings is 1. The lowest BCUT2D eigenvalue weighted by Crippen LogP contribution is -2.02. The summed E-state index contributed by atoms with van der Waals surface area (Å²) in [6, 6.07) is 11.5. The molecular formula is C14H11N7. The Hall–Kier alpha value is -3.22. The highest BCUT2D eigenvalue weighted by Gasteiger charge is 2.12. The molecular weight excluding hydrogens is 266 g/mol. The molecule has 21 heavy (non-hydrogen) atoms. The predicted octanol–water partition coefficient (Wildman–Crippen LogP) is 1.58. The first-order valence-electron chi connectivity index (χ1n) is 6.38. The summed E-state index contributed by atoms with van der Waals surface area (Å²) in [6.45, 7) is 0. The topological polar surface area (TPSA) is 87.4 Å². The van der Waals surface area contributed by atoms with Crippen molar-refractivity contribution in [2.45, 2.75) is 0 Å². The highest BCUT2D eigenvalue weighted by Crippen LogP contribution is 2.20. The Kier molecular flexibility index (Phi) is 2.43. The number of nitrogen functional groups attached to an aromatic ring is 1. The monoisotopic (exact) mass is 277 g/mol. The van der Waals surface area contributed by atoms with Gasteiger partial charge in [-0.2, -0.15) is 5.10 Å². The van der Waals surface area contributed by atoms with Gasteiger partial charge in [-0.25, -0.2) is 19.3 Å². The van der Waals surface area contributed by atoms with Crippen LogP contribution in [0.4, 0.5) is 5.82 Å². The fourth-order valence-corrected chi connectivity index (χ4v) is 2.23. The van der Waals surface area contributed by atoms with Crippen LogP contribution in [-0.4, -0.2) is 29.5 Å².